The molecule has 6 heteroatoms. The molecule has 1 aliphatic rings. The Balaban J connectivity index is 1.62. The highest BCUT2D eigenvalue weighted by Crippen LogP contribution is 2.44. The summed E-state index contributed by atoms with van der Waals surface area (Å²) in [6.45, 7) is 15.1. The van der Waals surface area contributed by atoms with Crippen molar-refractivity contribution in [3.05, 3.63) is 107 Å². The van der Waals surface area contributed by atoms with Crippen LogP contribution in [0.1, 0.15) is 59.7 Å². The van der Waals surface area contributed by atoms with Crippen LogP contribution in [0.4, 0.5) is 11.4 Å². The lowest BCUT2D eigenvalue weighted by molar-refractivity contribution is 0.565. The second-order valence-corrected chi connectivity index (χ2v) is 10.5. The lowest BCUT2D eigenvalue weighted by atomic mass is 9.96. The minimum Gasteiger partial charge on any atom is -0.372 e. The molecule has 0 radical (unpaired) electrons. The fourth-order valence-corrected chi connectivity index (χ4v) is 6.06. The number of hydrogen-bond acceptors (Lipinski definition) is 3. The van der Waals surface area contributed by atoms with Crippen molar-refractivity contribution in [1.29, 1.82) is 0 Å². The van der Waals surface area contributed by atoms with Gasteiger partial charge in [-0.05, 0) is 125 Å². The quantitative estimate of drug-likeness (QED) is 0.261. The van der Waals surface area contributed by atoms with E-state index in [4.69, 9.17) is 17.2 Å². The maximum atomic E-state index is 5.97. The van der Waals surface area contributed by atoms with Gasteiger partial charge in [-0.25, -0.2) is 0 Å². The van der Waals surface area contributed by atoms with E-state index >= 15 is 0 Å². The van der Waals surface area contributed by atoms with Gasteiger partial charge >= 0.3 is 0 Å². The van der Waals surface area contributed by atoms with E-state index in [0.717, 1.165) is 29.6 Å². The lowest BCUT2D eigenvalue weighted by Gasteiger charge is -2.28. The smallest absolute Gasteiger partial charge is 0.174 e. The number of anilines is 2. The number of aryl methyl sites for hydroxylation is 3. The van der Waals surface area contributed by atoms with Gasteiger partial charge in [0.25, 0.3) is 0 Å². The highest BCUT2D eigenvalue weighted by atomic mass is 32.1. The number of nitrogens with zero attached hydrogens (tertiary/aromatic N) is 4. The topological polar surface area (TPSA) is 36.3 Å². The van der Waals surface area contributed by atoms with Crippen molar-refractivity contribution in [2.24, 2.45) is 0 Å². The Morgan fingerprint density at radius 3 is 2.21 bits per heavy atom. The molecule has 5 nitrogen and oxygen atoms in total. The van der Waals surface area contributed by atoms with E-state index < -0.39 is 0 Å². The molecule has 1 N–H and O–H groups in total. The Hall–Kier alpha value is -3.64. The van der Waals surface area contributed by atoms with Crippen LogP contribution in [0.5, 0.6) is 0 Å². The largest absolute Gasteiger partial charge is 0.372 e. The Morgan fingerprint density at radius 2 is 1.58 bits per heavy atom. The Bertz CT molecular complexity index is 1440. The molecule has 0 saturated carbocycles. The molecule has 0 aliphatic carbocycles. The normalized spacial score (nSPS) is 17.1. The number of aromatic nitrogens is 2. The molecule has 1 fully saturated rings. The summed E-state index contributed by atoms with van der Waals surface area (Å²) in [5.74, 6) is 0. The highest BCUT2D eigenvalue weighted by Gasteiger charge is 2.42. The molecular formula is C32H37N5S. The average Bonchev–Trinajstić information content (AvgIpc) is 3.42. The molecule has 196 valence electrons. The van der Waals surface area contributed by atoms with Crippen molar-refractivity contribution < 1.29 is 0 Å². The summed E-state index contributed by atoms with van der Waals surface area (Å²) in [6.07, 6.45) is 1.86. The van der Waals surface area contributed by atoms with Crippen molar-refractivity contribution >= 4 is 28.7 Å². The maximum Gasteiger partial charge on any atom is 0.174 e. The van der Waals surface area contributed by atoms with Gasteiger partial charge in [-0.2, -0.15) is 0 Å². The first-order chi connectivity index (χ1) is 18.3. The van der Waals surface area contributed by atoms with E-state index in [1.807, 2.05) is 18.3 Å². The molecule has 2 aromatic heterocycles. The first-order valence-electron chi connectivity index (χ1n) is 13.5. The zero-order chi connectivity index (χ0) is 27.0. The van der Waals surface area contributed by atoms with Crippen LogP contribution in [0.25, 0.3) is 5.69 Å². The summed E-state index contributed by atoms with van der Waals surface area (Å²) in [5, 5.41) is 4.33. The standard InChI is InChI=1S/C32H37N5S/c1-7-35(8-2)25-14-16-26(17-15-25)36-23(5)20-28(24(36)6)31-30(29-11-9-10-18-33-29)34-32(38)37(31)27-13-12-21(3)22(4)19-27/h9-20,30-31H,7-8H2,1-6H3,(H,34,38)/t30-,31-/m1/s1. The maximum absolute atomic E-state index is 5.97. The number of nitrogens with one attached hydrogen (secondary N) is 1. The first-order valence-corrected chi connectivity index (χ1v) is 13.9. The third-order valence-corrected chi connectivity index (χ3v) is 8.21. The van der Waals surface area contributed by atoms with Crippen LogP contribution >= 0.6 is 12.2 Å². The molecular weight excluding hydrogens is 486 g/mol. The molecule has 0 unspecified atom stereocenters. The van der Waals surface area contributed by atoms with Crippen molar-refractivity contribution in [3.63, 3.8) is 0 Å². The zero-order valence-electron chi connectivity index (χ0n) is 23.2. The third-order valence-electron chi connectivity index (χ3n) is 7.89. The van der Waals surface area contributed by atoms with E-state index in [1.54, 1.807) is 0 Å². The van der Waals surface area contributed by atoms with Crippen LogP contribution in [-0.2, 0) is 0 Å². The van der Waals surface area contributed by atoms with Gasteiger partial charge in [-0.1, -0.05) is 12.1 Å². The van der Waals surface area contributed by atoms with E-state index in [1.165, 1.54) is 39.5 Å². The predicted octanol–water partition coefficient (Wildman–Crippen LogP) is 7.13. The molecule has 2 aromatic carbocycles. The van der Waals surface area contributed by atoms with E-state index in [9.17, 15) is 0 Å². The summed E-state index contributed by atoms with van der Waals surface area (Å²) < 4.78 is 2.36. The van der Waals surface area contributed by atoms with Gasteiger partial charge in [0.2, 0.25) is 0 Å². The summed E-state index contributed by atoms with van der Waals surface area (Å²) in [6, 6.07) is 23.8. The van der Waals surface area contributed by atoms with Gasteiger partial charge in [-0.3, -0.25) is 4.98 Å². The van der Waals surface area contributed by atoms with Crippen molar-refractivity contribution in [2.75, 3.05) is 22.9 Å². The van der Waals surface area contributed by atoms with Crippen LogP contribution in [0, 0.1) is 27.7 Å². The molecule has 0 spiro atoms. The molecule has 3 heterocycles. The van der Waals surface area contributed by atoms with Gasteiger partial charge < -0.3 is 19.7 Å². The Kier molecular flexibility index (Phi) is 7.26. The SMILES string of the molecule is CCN(CC)c1ccc(-n2c(C)cc([C@@H]3[C@@H](c4ccccn4)NC(=S)N3c3ccc(C)c(C)c3)c2C)cc1. The number of benzene rings is 2. The van der Waals surface area contributed by atoms with Crippen molar-refractivity contribution in [3.8, 4) is 5.69 Å². The fourth-order valence-electron chi connectivity index (χ4n) is 5.71. The van der Waals surface area contributed by atoms with Crippen LogP contribution in [0.2, 0.25) is 0 Å². The minimum atomic E-state index is -0.0655. The predicted molar refractivity (Wildman–Crippen MR) is 163 cm³/mol. The highest BCUT2D eigenvalue weighted by molar-refractivity contribution is 7.80. The van der Waals surface area contributed by atoms with Gasteiger partial charge in [0.15, 0.2) is 5.11 Å². The number of hydrogen-bond donors (Lipinski definition) is 1. The molecule has 0 amide bonds. The molecule has 38 heavy (non-hydrogen) atoms. The number of rotatable bonds is 7. The van der Waals surface area contributed by atoms with Crippen LogP contribution in [0.15, 0.2) is 72.9 Å². The summed E-state index contributed by atoms with van der Waals surface area (Å²) >= 11 is 5.97. The first kappa shape index (κ1) is 26.0. The summed E-state index contributed by atoms with van der Waals surface area (Å²) in [5.41, 5.74) is 10.7. The van der Waals surface area contributed by atoms with Crippen LogP contribution in [0.3, 0.4) is 0 Å². The second kappa shape index (κ2) is 10.6. The van der Waals surface area contributed by atoms with Crippen molar-refractivity contribution in [1.82, 2.24) is 14.9 Å². The van der Waals surface area contributed by atoms with Crippen molar-refractivity contribution in [2.45, 2.75) is 53.6 Å². The molecule has 2 atom stereocenters. The lowest BCUT2D eigenvalue weighted by Crippen LogP contribution is -2.29. The van der Waals surface area contributed by atoms with E-state index in [-0.39, 0.29) is 12.1 Å². The summed E-state index contributed by atoms with van der Waals surface area (Å²) in [7, 11) is 0. The molecule has 4 aromatic rings. The summed E-state index contributed by atoms with van der Waals surface area (Å²) in [4.78, 5) is 9.37. The molecule has 5 rings (SSSR count). The monoisotopic (exact) mass is 523 g/mol. The fraction of sp³-hybridized carbons (Fsp3) is 0.312. The Morgan fingerprint density at radius 1 is 0.868 bits per heavy atom. The van der Waals surface area contributed by atoms with Crippen LogP contribution in [-0.4, -0.2) is 27.8 Å². The number of thiocarbonyl (C=S) groups is 1. The Labute approximate surface area is 232 Å². The van der Waals surface area contributed by atoms with Gasteiger partial charge in [0.1, 0.15) is 0 Å². The van der Waals surface area contributed by atoms with E-state index in [2.05, 4.69) is 116 Å². The minimum absolute atomic E-state index is 0.0330. The molecule has 0 bridgehead atoms. The van der Waals surface area contributed by atoms with Gasteiger partial charge in [0, 0.05) is 47.7 Å². The van der Waals surface area contributed by atoms with Gasteiger partial charge in [0.05, 0.1) is 17.8 Å². The molecule has 1 aliphatic heterocycles. The zero-order valence-corrected chi connectivity index (χ0v) is 24.0. The van der Waals surface area contributed by atoms with Crippen LogP contribution < -0.4 is 15.1 Å². The third kappa shape index (κ3) is 4.58. The number of pyridine rings is 1. The second-order valence-electron chi connectivity index (χ2n) is 10.1. The van der Waals surface area contributed by atoms with Gasteiger partial charge in [-0.15, -0.1) is 0 Å². The molecule has 1 saturated heterocycles. The average molecular weight is 524 g/mol. The van der Waals surface area contributed by atoms with E-state index in [0.29, 0.717) is 0 Å².